The smallest absolute Gasteiger partial charge is 0.344 e. The van der Waals surface area contributed by atoms with Gasteiger partial charge in [0.15, 0.2) is 22.9 Å². The van der Waals surface area contributed by atoms with Gasteiger partial charge in [-0.2, -0.15) is 0 Å². The Morgan fingerprint density at radius 3 is 2.40 bits per heavy atom. The lowest BCUT2D eigenvalue weighted by Crippen LogP contribution is -2.40. The Labute approximate surface area is 281 Å². The Bertz CT molecular complexity index is 1800. The van der Waals surface area contributed by atoms with Crippen LogP contribution in [0.5, 0.6) is 17.2 Å². The lowest BCUT2D eigenvalue weighted by Gasteiger charge is -2.26. The van der Waals surface area contributed by atoms with Gasteiger partial charge in [0, 0.05) is 14.5 Å². The van der Waals surface area contributed by atoms with Gasteiger partial charge in [-0.3, -0.25) is 9.36 Å². The Morgan fingerprint density at radius 1 is 1.07 bits per heavy atom. The van der Waals surface area contributed by atoms with E-state index in [4.69, 9.17) is 23.7 Å². The second-order valence-electron chi connectivity index (χ2n) is 8.93. The molecule has 0 fully saturated rings. The number of esters is 2. The zero-order valence-electron chi connectivity index (χ0n) is 23.8. The molecule has 0 amide bonds. The van der Waals surface area contributed by atoms with Gasteiger partial charge >= 0.3 is 11.9 Å². The van der Waals surface area contributed by atoms with Crippen LogP contribution >= 0.6 is 65.8 Å². The molecule has 0 radical (unpaired) electrons. The van der Waals surface area contributed by atoms with Crippen LogP contribution in [0.15, 0.2) is 54.3 Å². The van der Waals surface area contributed by atoms with E-state index in [-0.39, 0.29) is 31.0 Å². The van der Waals surface area contributed by atoms with Crippen molar-refractivity contribution in [3.8, 4) is 17.2 Å². The van der Waals surface area contributed by atoms with Crippen LogP contribution < -0.4 is 29.1 Å². The van der Waals surface area contributed by atoms with Crippen LogP contribution in [0.2, 0.25) is 0 Å². The molecular formula is C29H27Br2IN2O8S. The summed E-state index contributed by atoms with van der Waals surface area (Å²) in [6.07, 6.45) is 1.68. The van der Waals surface area contributed by atoms with Crippen LogP contribution in [0.1, 0.15) is 37.9 Å². The minimum Gasteiger partial charge on any atom is -0.493 e. The van der Waals surface area contributed by atoms with Gasteiger partial charge in [0.1, 0.15) is 5.75 Å². The number of aromatic nitrogens is 1. The predicted molar refractivity (Wildman–Crippen MR) is 177 cm³/mol. The van der Waals surface area contributed by atoms with Gasteiger partial charge < -0.3 is 23.7 Å². The number of carbonyl (C=O) groups excluding carboxylic acids is 2. The fourth-order valence-corrected chi connectivity index (χ4v) is 7.76. The van der Waals surface area contributed by atoms with E-state index in [0.29, 0.717) is 47.9 Å². The second-order valence-corrected chi connectivity index (χ2v) is 12.9. The molecule has 1 atom stereocenters. The number of carbonyl (C=O) groups is 2. The van der Waals surface area contributed by atoms with Gasteiger partial charge in [-0.25, -0.2) is 14.6 Å². The third kappa shape index (κ3) is 7.02. The Hall–Kier alpha value is -2.69. The van der Waals surface area contributed by atoms with Crippen LogP contribution in [0.3, 0.4) is 0 Å². The molecule has 0 spiro atoms. The average molecular weight is 850 g/mol. The molecule has 0 aliphatic carbocycles. The monoisotopic (exact) mass is 848 g/mol. The largest absolute Gasteiger partial charge is 0.493 e. The number of rotatable bonds is 10. The van der Waals surface area contributed by atoms with E-state index in [1.165, 1.54) is 30.1 Å². The summed E-state index contributed by atoms with van der Waals surface area (Å²) in [6.45, 7) is 5.24. The summed E-state index contributed by atoms with van der Waals surface area (Å²) >= 11 is 10.4. The highest BCUT2D eigenvalue weighted by molar-refractivity contribution is 14.1. The summed E-state index contributed by atoms with van der Waals surface area (Å²) in [4.78, 5) is 44.5. The van der Waals surface area contributed by atoms with Crippen molar-refractivity contribution in [3.63, 3.8) is 0 Å². The molecule has 14 heteroatoms. The average Bonchev–Trinajstić information content (AvgIpc) is 3.25. The predicted octanol–water partition coefficient (Wildman–Crippen LogP) is 4.89. The van der Waals surface area contributed by atoms with Crippen molar-refractivity contribution in [2.75, 3.05) is 34.0 Å². The molecule has 3 aromatic rings. The first-order valence-corrected chi connectivity index (χ1v) is 16.4. The van der Waals surface area contributed by atoms with Gasteiger partial charge in [-0.1, -0.05) is 43.2 Å². The molecule has 228 valence electrons. The van der Waals surface area contributed by atoms with E-state index in [9.17, 15) is 14.4 Å². The van der Waals surface area contributed by atoms with Crippen molar-refractivity contribution in [2.45, 2.75) is 26.8 Å². The molecule has 0 saturated heterocycles. The number of ether oxygens (including phenoxy) is 5. The number of benzene rings is 2. The molecule has 0 saturated carbocycles. The van der Waals surface area contributed by atoms with Gasteiger partial charge in [-0.05, 0) is 79.3 Å². The quantitative estimate of drug-likeness (QED) is 0.210. The van der Waals surface area contributed by atoms with Gasteiger partial charge in [0.05, 0.1) is 52.8 Å². The van der Waals surface area contributed by atoms with Crippen LogP contribution in [-0.4, -0.2) is 50.5 Å². The van der Waals surface area contributed by atoms with Crippen LogP contribution in [0.4, 0.5) is 0 Å². The first kappa shape index (κ1) is 33.2. The zero-order chi connectivity index (χ0) is 31.4. The molecule has 1 aromatic heterocycles. The number of hydrogen-bond donors (Lipinski definition) is 0. The lowest BCUT2D eigenvalue weighted by atomic mass is 9.95. The van der Waals surface area contributed by atoms with Crippen LogP contribution in [0, 0.1) is 3.57 Å². The number of nitrogens with zero attached hydrogens (tertiary/aromatic N) is 2. The van der Waals surface area contributed by atoms with E-state index >= 15 is 0 Å². The van der Waals surface area contributed by atoms with Crippen LogP contribution in [-0.2, 0) is 19.1 Å². The molecular weight excluding hydrogens is 823 g/mol. The van der Waals surface area contributed by atoms with Crippen molar-refractivity contribution >= 4 is 83.8 Å². The second kappa shape index (κ2) is 14.4. The summed E-state index contributed by atoms with van der Waals surface area (Å²) in [7, 11) is 3.03. The first-order chi connectivity index (χ1) is 20.5. The zero-order valence-corrected chi connectivity index (χ0v) is 29.9. The maximum atomic E-state index is 14.2. The molecule has 43 heavy (non-hydrogen) atoms. The molecule has 1 aliphatic heterocycles. The standard InChI is InChI=1S/C29H27Br2IN2O8S/c1-6-40-23(35)13-42-26-15(8-16(30)10-19(26)32)9-22-27(36)34-25(17-11-20(38-4)21(39-5)12-18(17)31)24(28(37)41-7-2)14(3)33-29(34)43-22/h8-12,25H,6-7,13H2,1-5H3/b22-9-/t25-/m0/s1. The van der Waals surface area contributed by atoms with Gasteiger partial charge in [-0.15, -0.1) is 0 Å². The Balaban J connectivity index is 1.96. The van der Waals surface area contributed by atoms with Crippen molar-refractivity contribution in [3.05, 3.63) is 78.9 Å². The normalized spacial score (nSPS) is 14.6. The Morgan fingerprint density at radius 2 is 1.74 bits per heavy atom. The highest BCUT2D eigenvalue weighted by Crippen LogP contribution is 2.41. The van der Waals surface area contributed by atoms with E-state index in [2.05, 4.69) is 59.4 Å². The van der Waals surface area contributed by atoms with Crippen molar-refractivity contribution in [1.29, 1.82) is 0 Å². The first-order valence-electron chi connectivity index (χ1n) is 12.9. The summed E-state index contributed by atoms with van der Waals surface area (Å²) in [5.41, 5.74) is 1.42. The van der Waals surface area contributed by atoms with Crippen molar-refractivity contribution in [1.82, 2.24) is 4.57 Å². The highest BCUT2D eigenvalue weighted by atomic mass is 127. The van der Waals surface area contributed by atoms with E-state index < -0.39 is 18.0 Å². The summed E-state index contributed by atoms with van der Waals surface area (Å²) in [5.74, 6) is 0.233. The number of allylic oxidation sites excluding steroid dienone is 1. The summed E-state index contributed by atoms with van der Waals surface area (Å²) in [5, 5.41) is 0. The maximum Gasteiger partial charge on any atom is 0.344 e. The molecule has 1 aliphatic rings. The number of methoxy groups -OCH3 is 2. The topological polar surface area (TPSA) is 115 Å². The molecule has 4 rings (SSSR count). The number of fused-ring (bicyclic) bond motifs is 1. The third-order valence-corrected chi connectivity index (χ3v) is 9.21. The van der Waals surface area contributed by atoms with Gasteiger partial charge in [0.2, 0.25) is 0 Å². The fraction of sp³-hybridized carbons (Fsp3) is 0.310. The van der Waals surface area contributed by atoms with E-state index in [0.717, 1.165) is 8.04 Å². The van der Waals surface area contributed by atoms with Crippen LogP contribution in [0.25, 0.3) is 6.08 Å². The molecule has 0 bridgehead atoms. The van der Waals surface area contributed by atoms with Gasteiger partial charge in [0.25, 0.3) is 5.56 Å². The lowest BCUT2D eigenvalue weighted by molar-refractivity contribution is -0.145. The maximum absolute atomic E-state index is 14.2. The van der Waals surface area contributed by atoms with E-state index in [1.54, 1.807) is 45.0 Å². The SMILES string of the molecule is CCOC(=O)COc1c(I)cc(Br)cc1/C=c1\sc2n(c1=O)[C@@H](c1cc(OC)c(OC)cc1Br)C(C(=O)OCC)=C(C)N=2. The summed E-state index contributed by atoms with van der Waals surface area (Å²) in [6, 6.07) is 6.19. The molecule has 2 heterocycles. The minimum absolute atomic E-state index is 0.149. The van der Waals surface area contributed by atoms with E-state index in [1.807, 2.05) is 6.07 Å². The fourth-order valence-electron chi connectivity index (χ4n) is 4.48. The molecule has 0 N–H and O–H groups in total. The number of halogens is 3. The van der Waals surface area contributed by atoms with Crippen molar-refractivity contribution in [2.24, 2.45) is 4.99 Å². The Kier molecular flexibility index (Phi) is 11.1. The number of thiazole rings is 1. The molecule has 10 nitrogen and oxygen atoms in total. The van der Waals surface area contributed by atoms with Crippen molar-refractivity contribution < 1.29 is 33.3 Å². The molecule has 2 aromatic carbocycles. The number of hydrogen-bond acceptors (Lipinski definition) is 10. The highest BCUT2D eigenvalue weighted by Gasteiger charge is 2.35. The molecule has 0 unspecified atom stereocenters. The minimum atomic E-state index is -0.881. The third-order valence-electron chi connectivity index (χ3n) is 6.28. The summed E-state index contributed by atoms with van der Waals surface area (Å²) < 4.78 is 31.1.